The van der Waals surface area contributed by atoms with Crippen LogP contribution in [0.5, 0.6) is 0 Å². The van der Waals surface area contributed by atoms with E-state index in [0.717, 1.165) is 22.4 Å². The second-order valence-electron chi connectivity index (χ2n) is 7.07. The lowest BCUT2D eigenvalue weighted by atomic mass is 10.0. The molecule has 1 heterocycles. The van der Waals surface area contributed by atoms with E-state index in [4.69, 9.17) is 0 Å². The maximum atomic E-state index is 13.1. The zero-order chi connectivity index (χ0) is 21.1. The molecule has 2 N–H and O–H groups in total. The first kappa shape index (κ1) is 19.4. The minimum Gasteiger partial charge on any atom is -0.311 e. The number of anilines is 2. The Morgan fingerprint density at radius 2 is 1.60 bits per heavy atom. The number of rotatable bonds is 3. The van der Waals surface area contributed by atoms with Gasteiger partial charge in [0.1, 0.15) is 0 Å². The molecular formula is C24H22N4O2. The van der Waals surface area contributed by atoms with Crippen molar-refractivity contribution in [2.75, 3.05) is 17.3 Å². The van der Waals surface area contributed by atoms with Crippen LogP contribution in [0.3, 0.4) is 0 Å². The SMILES string of the molecule is Cc1ccccc1NC(=O)NC1N=C(c2ccccc2)c2ccccc2N(C)C1=O. The molecule has 0 aromatic heterocycles. The number of benzodiazepines with no additional fused rings is 1. The van der Waals surface area contributed by atoms with Crippen LogP contribution in [0.25, 0.3) is 0 Å². The number of carbonyl (C=O) groups is 2. The molecule has 0 fully saturated rings. The molecule has 6 nitrogen and oxygen atoms in total. The van der Waals surface area contributed by atoms with E-state index in [-0.39, 0.29) is 5.91 Å². The van der Waals surface area contributed by atoms with Crippen molar-refractivity contribution in [2.24, 2.45) is 4.99 Å². The molecule has 0 radical (unpaired) electrons. The number of nitrogens with zero attached hydrogens (tertiary/aromatic N) is 2. The number of benzene rings is 3. The van der Waals surface area contributed by atoms with Gasteiger partial charge in [-0.3, -0.25) is 4.79 Å². The monoisotopic (exact) mass is 398 g/mol. The molecule has 1 aliphatic heterocycles. The second-order valence-corrected chi connectivity index (χ2v) is 7.07. The van der Waals surface area contributed by atoms with Crippen LogP contribution in [0.1, 0.15) is 16.7 Å². The summed E-state index contributed by atoms with van der Waals surface area (Å²) in [5.74, 6) is -0.312. The molecule has 1 unspecified atom stereocenters. The van der Waals surface area contributed by atoms with Gasteiger partial charge in [-0.25, -0.2) is 9.79 Å². The Kier molecular flexibility index (Phi) is 5.30. The van der Waals surface area contributed by atoms with E-state index in [1.807, 2.05) is 85.8 Å². The van der Waals surface area contributed by atoms with Crippen molar-refractivity contribution in [2.45, 2.75) is 13.1 Å². The number of aliphatic imine (C=N–C) groups is 1. The van der Waals surface area contributed by atoms with Crippen LogP contribution in [0.4, 0.5) is 16.2 Å². The zero-order valence-corrected chi connectivity index (χ0v) is 16.8. The molecule has 30 heavy (non-hydrogen) atoms. The summed E-state index contributed by atoms with van der Waals surface area (Å²) in [4.78, 5) is 32.0. The van der Waals surface area contributed by atoms with Gasteiger partial charge in [0.25, 0.3) is 5.91 Å². The third-order valence-corrected chi connectivity index (χ3v) is 5.05. The van der Waals surface area contributed by atoms with Crippen molar-refractivity contribution in [1.82, 2.24) is 5.32 Å². The third kappa shape index (κ3) is 3.80. The minimum absolute atomic E-state index is 0.312. The molecular weight excluding hydrogens is 376 g/mol. The topological polar surface area (TPSA) is 73.8 Å². The third-order valence-electron chi connectivity index (χ3n) is 5.05. The van der Waals surface area contributed by atoms with Crippen molar-refractivity contribution >= 4 is 29.0 Å². The smallest absolute Gasteiger partial charge is 0.311 e. The lowest BCUT2D eigenvalue weighted by molar-refractivity contribution is -0.119. The van der Waals surface area contributed by atoms with E-state index < -0.39 is 12.2 Å². The van der Waals surface area contributed by atoms with Crippen molar-refractivity contribution < 1.29 is 9.59 Å². The molecule has 3 aromatic carbocycles. The first-order chi connectivity index (χ1) is 14.5. The summed E-state index contributed by atoms with van der Waals surface area (Å²) in [6.45, 7) is 1.91. The quantitative estimate of drug-likeness (QED) is 0.701. The molecule has 1 atom stereocenters. The summed E-state index contributed by atoms with van der Waals surface area (Å²) in [5, 5.41) is 5.52. The van der Waals surface area contributed by atoms with Crippen molar-refractivity contribution in [3.8, 4) is 0 Å². The Labute approximate surface area is 175 Å². The predicted octanol–water partition coefficient (Wildman–Crippen LogP) is 3.96. The molecule has 1 aliphatic rings. The summed E-state index contributed by atoms with van der Waals surface area (Å²) in [6, 6.07) is 24.2. The van der Waals surface area contributed by atoms with E-state index in [9.17, 15) is 9.59 Å². The number of para-hydroxylation sites is 2. The van der Waals surface area contributed by atoms with Crippen LogP contribution in [-0.2, 0) is 4.79 Å². The fraction of sp³-hybridized carbons (Fsp3) is 0.125. The van der Waals surface area contributed by atoms with Crippen LogP contribution in [0, 0.1) is 6.92 Å². The van der Waals surface area contributed by atoms with Gasteiger partial charge in [0.05, 0.1) is 11.4 Å². The highest BCUT2D eigenvalue weighted by Gasteiger charge is 2.30. The van der Waals surface area contributed by atoms with Gasteiger partial charge < -0.3 is 15.5 Å². The number of hydrogen-bond acceptors (Lipinski definition) is 3. The highest BCUT2D eigenvalue weighted by atomic mass is 16.2. The van der Waals surface area contributed by atoms with Gasteiger partial charge in [-0.15, -0.1) is 0 Å². The number of nitrogens with one attached hydrogen (secondary N) is 2. The summed E-state index contributed by atoms with van der Waals surface area (Å²) in [5.41, 5.74) is 4.72. The fourth-order valence-corrected chi connectivity index (χ4v) is 3.44. The predicted molar refractivity (Wildman–Crippen MR) is 119 cm³/mol. The Morgan fingerprint density at radius 3 is 2.37 bits per heavy atom. The molecule has 150 valence electrons. The zero-order valence-electron chi connectivity index (χ0n) is 16.8. The van der Waals surface area contributed by atoms with E-state index in [1.54, 1.807) is 7.05 Å². The first-order valence-electron chi connectivity index (χ1n) is 9.68. The van der Waals surface area contributed by atoms with E-state index >= 15 is 0 Å². The lowest BCUT2D eigenvalue weighted by Crippen LogP contribution is -2.47. The maximum Gasteiger partial charge on any atom is 0.321 e. The first-order valence-corrected chi connectivity index (χ1v) is 9.68. The minimum atomic E-state index is -1.05. The Morgan fingerprint density at radius 1 is 0.933 bits per heavy atom. The number of aryl methyl sites for hydroxylation is 1. The summed E-state index contributed by atoms with van der Waals surface area (Å²) in [7, 11) is 1.69. The van der Waals surface area contributed by atoms with Gasteiger partial charge >= 0.3 is 6.03 Å². The van der Waals surface area contributed by atoms with Gasteiger partial charge in [-0.05, 0) is 24.6 Å². The molecule has 4 rings (SSSR count). The molecule has 0 saturated heterocycles. The molecule has 0 spiro atoms. The molecule has 0 aliphatic carbocycles. The maximum absolute atomic E-state index is 13.1. The number of fused-ring (bicyclic) bond motifs is 1. The van der Waals surface area contributed by atoms with Gasteiger partial charge in [-0.1, -0.05) is 66.7 Å². The fourth-order valence-electron chi connectivity index (χ4n) is 3.44. The Bertz CT molecular complexity index is 1120. The summed E-state index contributed by atoms with van der Waals surface area (Å²) < 4.78 is 0. The van der Waals surface area contributed by atoms with Crippen molar-refractivity contribution in [3.63, 3.8) is 0 Å². The van der Waals surface area contributed by atoms with E-state index in [0.29, 0.717) is 11.4 Å². The number of likely N-dealkylation sites (N-methyl/N-ethyl adjacent to an activating group) is 1. The molecule has 3 aromatic rings. The van der Waals surface area contributed by atoms with Crippen LogP contribution in [0.15, 0.2) is 83.9 Å². The highest BCUT2D eigenvalue weighted by Crippen LogP contribution is 2.27. The lowest BCUT2D eigenvalue weighted by Gasteiger charge is -2.21. The van der Waals surface area contributed by atoms with Crippen LogP contribution >= 0.6 is 0 Å². The standard InChI is InChI=1S/C24H22N4O2/c1-16-10-6-8-14-19(16)25-24(30)27-22-23(29)28(2)20-15-9-7-13-18(20)21(26-22)17-11-4-3-5-12-17/h3-15,22H,1-2H3,(H2,25,27,30). The normalized spacial score (nSPS) is 15.7. The second kappa shape index (κ2) is 8.21. The highest BCUT2D eigenvalue weighted by molar-refractivity contribution is 6.20. The van der Waals surface area contributed by atoms with Gasteiger partial charge in [0.2, 0.25) is 6.17 Å². The van der Waals surface area contributed by atoms with Crippen LogP contribution in [0.2, 0.25) is 0 Å². The van der Waals surface area contributed by atoms with E-state index in [2.05, 4.69) is 15.6 Å². The summed E-state index contributed by atoms with van der Waals surface area (Å²) in [6.07, 6.45) is -1.05. The molecule has 3 amide bonds. The number of amides is 3. The van der Waals surface area contributed by atoms with Crippen molar-refractivity contribution in [3.05, 3.63) is 95.6 Å². The largest absolute Gasteiger partial charge is 0.321 e. The van der Waals surface area contributed by atoms with Crippen molar-refractivity contribution in [1.29, 1.82) is 0 Å². The molecule has 0 bridgehead atoms. The number of carbonyl (C=O) groups excluding carboxylic acids is 2. The number of hydrogen-bond donors (Lipinski definition) is 2. The number of urea groups is 1. The summed E-state index contributed by atoms with van der Waals surface area (Å²) >= 11 is 0. The van der Waals surface area contributed by atoms with Crippen LogP contribution in [-0.4, -0.2) is 30.9 Å². The average molecular weight is 398 g/mol. The van der Waals surface area contributed by atoms with Crippen LogP contribution < -0.4 is 15.5 Å². The van der Waals surface area contributed by atoms with Gasteiger partial charge in [0.15, 0.2) is 0 Å². The van der Waals surface area contributed by atoms with E-state index in [1.165, 1.54) is 4.90 Å². The Hall–Kier alpha value is -3.93. The average Bonchev–Trinajstić information content (AvgIpc) is 2.87. The Balaban J connectivity index is 1.70. The van der Waals surface area contributed by atoms with Gasteiger partial charge in [-0.2, -0.15) is 0 Å². The van der Waals surface area contributed by atoms with Gasteiger partial charge in [0, 0.05) is 23.9 Å². The molecule has 0 saturated carbocycles. The molecule has 6 heteroatoms.